The minimum absolute atomic E-state index is 0.145. The van der Waals surface area contributed by atoms with Crippen molar-refractivity contribution in [2.45, 2.75) is 18.8 Å². The predicted molar refractivity (Wildman–Crippen MR) is 88.0 cm³/mol. The lowest BCUT2D eigenvalue weighted by Crippen LogP contribution is -2.28. The minimum atomic E-state index is -0.145. The van der Waals surface area contributed by atoms with Crippen LogP contribution in [-0.2, 0) is 11.8 Å². The van der Waals surface area contributed by atoms with Crippen molar-refractivity contribution >= 4 is 23.3 Å². The third-order valence-electron chi connectivity index (χ3n) is 4.12. The van der Waals surface area contributed by atoms with Crippen LogP contribution in [0.15, 0.2) is 24.4 Å². The third-order valence-corrected chi connectivity index (χ3v) is 4.34. The van der Waals surface area contributed by atoms with Crippen LogP contribution in [0.3, 0.4) is 0 Å². The van der Waals surface area contributed by atoms with Gasteiger partial charge in [-0.05, 0) is 31.0 Å². The summed E-state index contributed by atoms with van der Waals surface area (Å²) in [5.41, 5.74) is 1.50. The standard InChI is InChI=1S/C16H19ClN4O2/c1-20(15-4-3-12(17)10-18-15)16(22)14-9-13(19-21(14)2)11-5-7-23-8-6-11/h3-4,9-11H,5-8H2,1-2H3. The van der Waals surface area contributed by atoms with E-state index in [2.05, 4.69) is 10.1 Å². The molecule has 1 fully saturated rings. The summed E-state index contributed by atoms with van der Waals surface area (Å²) >= 11 is 5.84. The van der Waals surface area contributed by atoms with Crippen LogP contribution in [0.5, 0.6) is 0 Å². The molecule has 7 heteroatoms. The Hall–Kier alpha value is -1.92. The zero-order chi connectivity index (χ0) is 16.4. The second-order valence-corrected chi connectivity index (χ2v) is 6.10. The quantitative estimate of drug-likeness (QED) is 0.865. The summed E-state index contributed by atoms with van der Waals surface area (Å²) in [5, 5.41) is 5.06. The van der Waals surface area contributed by atoms with Gasteiger partial charge in [-0.25, -0.2) is 4.98 Å². The molecule has 0 bridgehead atoms. The summed E-state index contributed by atoms with van der Waals surface area (Å²) in [5.74, 6) is 0.761. The zero-order valence-electron chi connectivity index (χ0n) is 13.2. The molecule has 0 radical (unpaired) electrons. The van der Waals surface area contributed by atoms with Gasteiger partial charge in [0.05, 0.1) is 10.7 Å². The van der Waals surface area contributed by atoms with Gasteiger partial charge in [0.1, 0.15) is 11.5 Å². The monoisotopic (exact) mass is 334 g/mol. The van der Waals surface area contributed by atoms with Crippen LogP contribution in [0.25, 0.3) is 0 Å². The fourth-order valence-corrected chi connectivity index (χ4v) is 2.84. The Kier molecular flexibility index (Phi) is 4.63. The largest absolute Gasteiger partial charge is 0.381 e. The molecule has 0 aromatic carbocycles. The molecule has 0 atom stereocenters. The van der Waals surface area contributed by atoms with E-state index in [9.17, 15) is 4.79 Å². The molecule has 23 heavy (non-hydrogen) atoms. The summed E-state index contributed by atoms with van der Waals surface area (Å²) in [6.07, 6.45) is 3.41. The van der Waals surface area contributed by atoms with Crippen LogP contribution in [0.2, 0.25) is 5.02 Å². The summed E-state index contributed by atoms with van der Waals surface area (Å²) in [6.45, 7) is 1.50. The predicted octanol–water partition coefficient (Wildman–Crippen LogP) is 2.64. The van der Waals surface area contributed by atoms with Gasteiger partial charge in [-0.1, -0.05) is 11.6 Å². The highest BCUT2D eigenvalue weighted by Crippen LogP contribution is 2.26. The number of anilines is 1. The molecule has 1 saturated heterocycles. The van der Waals surface area contributed by atoms with Gasteiger partial charge in [0, 0.05) is 39.4 Å². The first-order valence-corrected chi connectivity index (χ1v) is 7.95. The fourth-order valence-electron chi connectivity index (χ4n) is 2.72. The summed E-state index contributed by atoms with van der Waals surface area (Å²) < 4.78 is 7.02. The molecule has 0 saturated carbocycles. The number of nitrogens with zero attached hydrogens (tertiary/aromatic N) is 4. The molecule has 122 valence electrons. The number of halogens is 1. The summed E-state index contributed by atoms with van der Waals surface area (Å²) in [4.78, 5) is 18.4. The van der Waals surface area contributed by atoms with E-state index in [4.69, 9.17) is 16.3 Å². The Morgan fingerprint density at radius 2 is 2.13 bits per heavy atom. The lowest BCUT2D eigenvalue weighted by Gasteiger charge is -2.19. The van der Waals surface area contributed by atoms with Crippen molar-refractivity contribution in [2.24, 2.45) is 7.05 Å². The van der Waals surface area contributed by atoms with Crippen LogP contribution in [0.1, 0.15) is 34.9 Å². The first-order chi connectivity index (χ1) is 11.1. The molecular weight excluding hydrogens is 316 g/mol. The van der Waals surface area contributed by atoms with E-state index in [0.29, 0.717) is 22.5 Å². The van der Waals surface area contributed by atoms with Crippen molar-refractivity contribution in [1.82, 2.24) is 14.8 Å². The van der Waals surface area contributed by atoms with Crippen LogP contribution in [0, 0.1) is 0 Å². The SMILES string of the molecule is CN(C(=O)c1cc(C2CCOCC2)nn1C)c1ccc(Cl)cn1. The van der Waals surface area contributed by atoms with Gasteiger partial charge in [-0.15, -0.1) is 0 Å². The second-order valence-electron chi connectivity index (χ2n) is 5.66. The van der Waals surface area contributed by atoms with Crippen molar-refractivity contribution in [3.8, 4) is 0 Å². The van der Waals surface area contributed by atoms with Crippen molar-refractivity contribution < 1.29 is 9.53 Å². The number of aryl methyl sites for hydroxylation is 1. The van der Waals surface area contributed by atoms with E-state index in [1.807, 2.05) is 6.07 Å². The fraction of sp³-hybridized carbons (Fsp3) is 0.438. The van der Waals surface area contributed by atoms with Crippen molar-refractivity contribution in [2.75, 3.05) is 25.2 Å². The van der Waals surface area contributed by atoms with Crippen molar-refractivity contribution in [1.29, 1.82) is 0 Å². The third kappa shape index (κ3) is 3.38. The van der Waals surface area contributed by atoms with E-state index in [1.165, 1.54) is 11.1 Å². The molecule has 1 aliphatic rings. The molecule has 2 aromatic heterocycles. The molecule has 0 spiro atoms. The molecule has 3 rings (SSSR count). The number of carbonyl (C=O) groups is 1. The highest BCUT2D eigenvalue weighted by Gasteiger charge is 2.24. The first-order valence-electron chi connectivity index (χ1n) is 7.57. The number of pyridine rings is 1. The number of ether oxygens (including phenoxy) is 1. The van der Waals surface area contributed by atoms with Gasteiger partial charge in [0.2, 0.25) is 0 Å². The molecule has 1 amide bonds. The van der Waals surface area contributed by atoms with Crippen LogP contribution < -0.4 is 4.90 Å². The molecule has 3 heterocycles. The highest BCUT2D eigenvalue weighted by atomic mass is 35.5. The van der Waals surface area contributed by atoms with Gasteiger partial charge in [-0.3, -0.25) is 14.4 Å². The summed E-state index contributed by atoms with van der Waals surface area (Å²) in [6, 6.07) is 5.31. The lowest BCUT2D eigenvalue weighted by molar-refractivity contribution is 0.0844. The normalized spacial score (nSPS) is 15.6. The lowest BCUT2D eigenvalue weighted by atomic mass is 9.96. The number of amides is 1. The Labute approximate surface area is 140 Å². The molecule has 0 aliphatic carbocycles. The van der Waals surface area contributed by atoms with Gasteiger partial charge in [0.25, 0.3) is 5.91 Å². The Bertz CT molecular complexity index is 693. The average molecular weight is 335 g/mol. The number of carbonyl (C=O) groups excluding carboxylic acids is 1. The second kappa shape index (κ2) is 6.68. The first kappa shape index (κ1) is 16.0. The Morgan fingerprint density at radius 1 is 1.39 bits per heavy atom. The molecule has 1 aliphatic heterocycles. The topological polar surface area (TPSA) is 60.3 Å². The number of hydrogen-bond acceptors (Lipinski definition) is 4. The van der Waals surface area contributed by atoms with Crippen LogP contribution in [-0.4, -0.2) is 40.9 Å². The van der Waals surface area contributed by atoms with Crippen molar-refractivity contribution in [3.63, 3.8) is 0 Å². The minimum Gasteiger partial charge on any atom is -0.381 e. The van der Waals surface area contributed by atoms with Gasteiger partial charge >= 0.3 is 0 Å². The van der Waals surface area contributed by atoms with Gasteiger partial charge < -0.3 is 4.74 Å². The zero-order valence-corrected chi connectivity index (χ0v) is 14.0. The smallest absolute Gasteiger partial charge is 0.277 e. The van der Waals surface area contributed by atoms with E-state index < -0.39 is 0 Å². The van der Waals surface area contributed by atoms with Gasteiger partial charge in [-0.2, -0.15) is 5.10 Å². The maximum atomic E-state index is 12.7. The van der Waals surface area contributed by atoms with Crippen molar-refractivity contribution in [3.05, 3.63) is 40.8 Å². The molecule has 0 unspecified atom stereocenters. The Balaban J connectivity index is 1.81. The van der Waals surface area contributed by atoms with E-state index in [0.717, 1.165) is 31.7 Å². The maximum absolute atomic E-state index is 12.7. The highest BCUT2D eigenvalue weighted by molar-refractivity contribution is 6.30. The number of aromatic nitrogens is 3. The summed E-state index contributed by atoms with van der Waals surface area (Å²) in [7, 11) is 3.49. The van der Waals surface area contributed by atoms with Crippen LogP contribution >= 0.6 is 11.6 Å². The van der Waals surface area contributed by atoms with Crippen LogP contribution in [0.4, 0.5) is 5.82 Å². The molecular formula is C16H19ClN4O2. The molecule has 2 aromatic rings. The number of hydrogen-bond donors (Lipinski definition) is 0. The van der Waals surface area contributed by atoms with Gasteiger partial charge in [0.15, 0.2) is 0 Å². The van der Waals surface area contributed by atoms with E-state index in [-0.39, 0.29) is 5.91 Å². The molecule has 0 N–H and O–H groups in total. The number of rotatable bonds is 3. The average Bonchev–Trinajstić information content (AvgIpc) is 2.97. The van der Waals surface area contributed by atoms with E-state index >= 15 is 0 Å². The molecule has 6 nitrogen and oxygen atoms in total. The Morgan fingerprint density at radius 3 is 2.78 bits per heavy atom. The van der Waals surface area contributed by atoms with E-state index in [1.54, 1.807) is 30.9 Å². The maximum Gasteiger partial charge on any atom is 0.277 e.